The summed E-state index contributed by atoms with van der Waals surface area (Å²) in [4.78, 5) is 22.4. The van der Waals surface area contributed by atoms with E-state index in [1.165, 1.54) is 0 Å². The van der Waals surface area contributed by atoms with Gasteiger partial charge in [-0.25, -0.2) is 0 Å². The third kappa shape index (κ3) is 2.87. The summed E-state index contributed by atoms with van der Waals surface area (Å²) in [7, 11) is 0. The molecule has 5 nitrogen and oxygen atoms in total. The molecule has 0 aliphatic carbocycles. The monoisotopic (exact) mass is 249 g/mol. The van der Waals surface area contributed by atoms with Crippen molar-refractivity contribution in [2.24, 2.45) is 0 Å². The average molecular weight is 249 g/mol. The highest BCUT2D eigenvalue weighted by atomic mass is 16.5. The first-order valence-corrected chi connectivity index (χ1v) is 5.78. The quantitative estimate of drug-likeness (QED) is 0.843. The van der Waals surface area contributed by atoms with E-state index < -0.39 is 5.97 Å². The van der Waals surface area contributed by atoms with Gasteiger partial charge in [0.2, 0.25) is 0 Å². The van der Waals surface area contributed by atoms with Crippen molar-refractivity contribution in [3.8, 4) is 0 Å². The van der Waals surface area contributed by atoms with Gasteiger partial charge in [0.1, 0.15) is 0 Å². The van der Waals surface area contributed by atoms with E-state index in [1.54, 1.807) is 19.1 Å². The third-order valence-electron chi connectivity index (χ3n) is 2.84. The summed E-state index contributed by atoms with van der Waals surface area (Å²) < 4.78 is 5.27. The molecular weight excluding hydrogens is 234 g/mol. The molecule has 1 aromatic rings. The predicted octanol–water partition coefficient (Wildman–Crippen LogP) is 1.31. The van der Waals surface area contributed by atoms with E-state index in [0.717, 1.165) is 11.1 Å². The highest BCUT2D eigenvalue weighted by Crippen LogP contribution is 2.20. The van der Waals surface area contributed by atoms with E-state index >= 15 is 0 Å². The number of rotatable bonds is 4. The number of carboxylic acids is 1. The van der Waals surface area contributed by atoms with Crippen LogP contribution in [0.3, 0.4) is 0 Å². The van der Waals surface area contributed by atoms with E-state index in [-0.39, 0.29) is 18.4 Å². The number of nitrogens with one attached hydrogen (secondary N) is 1. The lowest BCUT2D eigenvalue weighted by Crippen LogP contribution is -2.34. The van der Waals surface area contributed by atoms with Gasteiger partial charge >= 0.3 is 5.97 Å². The van der Waals surface area contributed by atoms with Gasteiger partial charge in [0, 0.05) is 11.6 Å². The van der Waals surface area contributed by atoms with Crippen molar-refractivity contribution in [2.75, 3.05) is 0 Å². The first-order chi connectivity index (χ1) is 8.56. The zero-order valence-corrected chi connectivity index (χ0v) is 10.1. The smallest absolute Gasteiger partial charge is 0.305 e. The van der Waals surface area contributed by atoms with Crippen molar-refractivity contribution >= 4 is 11.9 Å². The fourth-order valence-electron chi connectivity index (χ4n) is 1.93. The van der Waals surface area contributed by atoms with Gasteiger partial charge in [-0.05, 0) is 30.2 Å². The molecule has 18 heavy (non-hydrogen) atoms. The largest absolute Gasteiger partial charge is 0.481 e. The van der Waals surface area contributed by atoms with Crippen LogP contribution in [0.25, 0.3) is 0 Å². The molecule has 0 radical (unpaired) electrons. The summed E-state index contributed by atoms with van der Waals surface area (Å²) in [5.41, 5.74) is 2.66. The Bertz CT molecular complexity index is 484. The maximum atomic E-state index is 11.9. The second-order valence-electron chi connectivity index (χ2n) is 4.45. The number of ether oxygens (including phenoxy) is 1. The second kappa shape index (κ2) is 5.18. The number of carbonyl (C=O) groups is 2. The molecule has 1 heterocycles. The van der Waals surface area contributed by atoms with Crippen LogP contribution in [0.2, 0.25) is 0 Å². The molecule has 2 rings (SSSR count). The molecular formula is C13H15NO4. The van der Waals surface area contributed by atoms with Gasteiger partial charge in [0.15, 0.2) is 0 Å². The minimum atomic E-state index is -0.926. The number of carboxylic acid groups (broad SMARTS) is 1. The number of hydrogen-bond donors (Lipinski definition) is 2. The average Bonchev–Trinajstić information content (AvgIpc) is 2.74. The SMILES string of the molecule is CC(CC(=O)O)NC(=O)c1ccc2c(c1)COC2. The van der Waals surface area contributed by atoms with Gasteiger partial charge < -0.3 is 15.2 Å². The Morgan fingerprint density at radius 1 is 1.39 bits per heavy atom. The summed E-state index contributed by atoms with van der Waals surface area (Å²) in [5.74, 6) is -1.18. The normalized spacial score (nSPS) is 14.9. The van der Waals surface area contributed by atoms with Crippen molar-refractivity contribution in [3.63, 3.8) is 0 Å². The predicted molar refractivity (Wildman–Crippen MR) is 64.1 cm³/mol. The van der Waals surface area contributed by atoms with Gasteiger partial charge in [-0.1, -0.05) is 6.07 Å². The molecule has 0 saturated heterocycles. The molecule has 1 aliphatic rings. The van der Waals surface area contributed by atoms with Gasteiger partial charge in [-0.3, -0.25) is 9.59 Å². The molecule has 0 fully saturated rings. The van der Waals surface area contributed by atoms with Gasteiger partial charge in [-0.2, -0.15) is 0 Å². The van der Waals surface area contributed by atoms with E-state index in [0.29, 0.717) is 18.8 Å². The lowest BCUT2D eigenvalue weighted by atomic mass is 10.1. The molecule has 1 amide bonds. The number of amides is 1. The maximum absolute atomic E-state index is 11.9. The van der Waals surface area contributed by atoms with Crippen molar-refractivity contribution in [1.82, 2.24) is 5.32 Å². The van der Waals surface area contributed by atoms with E-state index in [2.05, 4.69) is 5.32 Å². The van der Waals surface area contributed by atoms with Crippen LogP contribution in [-0.2, 0) is 22.7 Å². The number of benzene rings is 1. The Labute approximate surface area is 105 Å². The van der Waals surface area contributed by atoms with Crippen LogP contribution in [0.15, 0.2) is 18.2 Å². The number of aliphatic carboxylic acids is 1. The van der Waals surface area contributed by atoms with Crippen LogP contribution < -0.4 is 5.32 Å². The van der Waals surface area contributed by atoms with Crippen LogP contribution >= 0.6 is 0 Å². The Morgan fingerprint density at radius 2 is 2.11 bits per heavy atom. The lowest BCUT2D eigenvalue weighted by molar-refractivity contribution is -0.137. The van der Waals surface area contributed by atoms with Gasteiger partial charge in [0.05, 0.1) is 19.6 Å². The fraction of sp³-hybridized carbons (Fsp3) is 0.385. The molecule has 0 bridgehead atoms. The van der Waals surface area contributed by atoms with Gasteiger partial charge in [0.25, 0.3) is 5.91 Å². The number of carbonyl (C=O) groups excluding carboxylic acids is 1. The molecule has 0 saturated carbocycles. The Hall–Kier alpha value is -1.88. The number of hydrogen-bond acceptors (Lipinski definition) is 3. The molecule has 2 N–H and O–H groups in total. The Kier molecular flexibility index (Phi) is 3.62. The van der Waals surface area contributed by atoms with Crippen LogP contribution in [0.1, 0.15) is 34.8 Å². The summed E-state index contributed by atoms with van der Waals surface area (Å²) in [6.45, 7) is 2.79. The summed E-state index contributed by atoms with van der Waals surface area (Å²) in [6.07, 6.45) is -0.0835. The van der Waals surface area contributed by atoms with Crippen LogP contribution in [-0.4, -0.2) is 23.0 Å². The highest BCUT2D eigenvalue weighted by Gasteiger charge is 2.16. The van der Waals surface area contributed by atoms with Crippen molar-refractivity contribution in [1.29, 1.82) is 0 Å². The Morgan fingerprint density at radius 3 is 2.83 bits per heavy atom. The Balaban J connectivity index is 2.03. The lowest BCUT2D eigenvalue weighted by Gasteiger charge is -2.12. The molecule has 96 valence electrons. The summed E-state index contributed by atoms with van der Waals surface area (Å²) >= 11 is 0. The molecule has 1 atom stereocenters. The number of fused-ring (bicyclic) bond motifs is 1. The van der Waals surface area contributed by atoms with E-state index in [1.807, 2.05) is 6.07 Å². The van der Waals surface area contributed by atoms with Crippen molar-refractivity contribution in [2.45, 2.75) is 32.6 Å². The minimum absolute atomic E-state index is 0.0835. The topological polar surface area (TPSA) is 75.6 Å². The van der Waals surface area contributed by atoms with Crippen molar-refractivity contribution < 1.29 is 19.4 Å². The second-order valence-corrected chi connectivity index (χ2v) is 4.45. The molecule has 1 unspecified atom stereocenters. The first kappa shape index (κ1) is 12.6. The zero-order chi connectivity index (χ0) is 13.1. The minimum Gasteiger partial charge on any atom is -0.481 e. The maximum Gasteiger partial charge on any atom is 0.305 e. The molecule has 0 aromatic heterocycles. The van der Waals surface area contributed by atoms with Crippen LogP contribution in [0.5, 0.6) is 0 Å². The molecule has 5 heteroatoms. The third-order valence-corrected chi connectivity index (χ3v) is 2.84. The van der Waals surface area contributed by atoms with Crippen LogP contribution in [0.4, 0.5) is 0 Å². The van der Waals surface area contributed by atoms with Crippen molar-refractivity contribution in [3.05, 3.63) is 34.9 Å². The molecule has 1 aromatic carbocycles. The summed E-state index contributed by atoms with van der Waals surface area (Å²) in [5, 5.41) is 11.3. The highest BCUT2D eigenvalue weighted by molar-refractivity contribution is 5.94. The van der Waals surface area contributed by atoms with E-state index in [4.69, 9.17) is 9.84 Å². The standard InChI is InChI=1S/C13H15NO4/c1-8(4-12(15)16)14-13(17)9-2-3-10-6-18-7-11(10)5-9/h2-3,5,8H,4,6-7H2,1H3,(H,14,17)(H,15,16). The van der Waals surface area contributed by atoms with Gasteiger partial charge in [-0.15, -0.1) is 0 Å². The molecule has 0 spiro atoms. The zero-order valence-electron chi connectivity index (χ0n) is 10.1. The fourth-order valence-corrected chi connectivity index (χ4v) is 1.93. The molecule has 1 aliphatic heterocycles. The summed E-state index contributed by atoms with van der Waals surface area (Å²) in [6, 6.07) is 5.01. The first-order valence-electron chi connectivity index (χ1n) is 5.78. The van der Waals surface area contributed by atoms with Crippen LogP contribution in [0, 0.1) is 0 Å². The van der Waals surface area contributed by atoms with E-state index in [9.17, 15) is 9.59 Å².